The fourth-order valence-electron chi connectivity index (χ4n) is 1.08. The highest BCUT2D eigenvalue weighted by molar-refractivity contribution is 5.28. The lowest BCUT2D eigenvalue weighted by molar-refractivity contribution is 0.151. The zero-order valence-corrected chi connectivity index (χ0v) is 7.72. The average Bonchev–Trinajstić information content (AvgIpc) is 2.03. The molecule has 0 heterocycles. The Hall–Kier alpha value is -0.960. The summed E-state index contributed by atoms with van der Waals surface area (Å²) in [4.78, 5) is 0. The Kier molecular flexibility index (Phi) is 2.66. The van der Waals surface area contributed by atoms with Crippen LogP contribution in [0.3, 0.4) is 0 Å². The van der Waals surface area contributed by atoms with Crippen LogP contribution in [0.2, 0.25) is 0 Å². The molecule has 0 amide bonds. The van der Waals surface area contributed by atoms with Gasteiger partial charge in [-0.3, -0.25) is 0 Å². The molecule has 1 rings (SSSR count). The topological polar surface area (TPSA) is 26.0 Å². The monoisotopic (exact) mass is 185 g/mol. The summed E-state index contributed by atoms with van der Waals surface area (Å²) in [6.07, 6.45) is -2.43. The van der Waals surface area contributed by atoms with Crippen LogP contribution in [-0.4, -0.2) is 0 Å². The Labute approximate surface area is 76.6 Å². The zero-order valence-electron chi connectivity index (χ0n) is 7.72. The summed E-state index contributed by atoms with van der Waals surface area (Å²) >= 11 is 0. The van der Waals surface area contributed by atoms with Crippen molar-refractivity contribution in [3.05, 3.63) is 35.4 Å². The fourth-order valence-corrected chi connectivity index (χ4v) is 1.08. The molecular formula is C10H13F2N. The largest absolute Gasteiger partial charge is 0.322 e. The Morgan fingerprint density at radius 1 is 1.31 bits per heavy atom. The van der Waals surface area contributed by atoms with E-state index in [9.17, 15) is 8.78 Å². The third-order valence-electron chi connectivity index (χ3n) is 1.88. The molecule has 0 atom stereocenters. The SMILES string of the molecule is CC(C)(N)c1cccc(C(F)F)c1. The summed E-state index contributed by atoms with van der Waals surface area (Å²) < 4.78 is 24.6. The summed E-state index contributed by atoms with van der Waals surface area (Å²) in [5, 5.41) is 0. The summed E-state index contributed by atoms with van der Waals surface area (Å²) in [5.74, 6) is 0. The minimum atomic E-state index is -2.43. The van der Waals surface area contributed by atoms with Crippen LogP contribution in [0.15, 0.2) is 24.3 Å². The van der Waals surface area contributed by atoms with Gasteiger partial charge in [0.15, 0.2) is 0 Å². The van der Waals surface area contributed by atoms with Crippen LogP contribution in [0, 0.1) is 0 Å². The Bertz CT molecular complexity index is 289. The molecule has 2 N–H and O–H groups in total. The van der Waals surface area contributed by atoms with E-state index in [-0.39, 0.29) is 5.56 Å². The molecule has 0 bridgehead atoms. The number of rotatable bonds is 2. The van der Waals surface area contributed by atoms with Crippen molar-refractivity contribution in [3.63, 3.8) is 0 Å². The normalized spacial score (nSPS) is 12.2. The van der Waals surface area contributed by atoms with Crippen LogP contribution in [0.25, 0.3) is 0 Å². The van der Waals surface area contributed by atoms with E-state index in [4.69, 9.17) is 5.73 Å². The standard InChI is InChI=1S/C10H13F2N/c1-10(2,13)8-5-3-4-7(6-8)9(11)12/h3-6,9H,13H2,1-2H3. The van der Waals surface area contributed by atoms with Crippen molar-refractivity contribution < 1.29 is 8.78 Å². The van der Waals surface area contributed by atoms with Crippen LogP contribution in [0.4, 0.5) is 8.78 Å². The molecule has 72 valence electrons. The predicted molar refractivity (Wildman–Crippen MR) is 48.6 cm³/mol. The van der Waals surface area contributed by atoms with Gasteiger partial charge in [-0.15, -0.1) is 0 Å². The molecule has 0 radical (unpaired) electrons. The number of hydrogen-bond acceptors (Lipinski definition) is 1. The van der Waals surface area contributed by atoms with Gasteiger partial charge in [0.25, 0.3) is 6.43 Å². The van der Waals surface area contributed by atoms with Crippen LogP contribution in [-0.2, 0) is 5.54 Å². The van der Waals surface area contributed by atoms with E-state index >= 15 is 0 Å². The average molecular weight is 185 g/mol. The van der Waals surface area contributed by atoms with E-state index in [1.165, 1.54) is 12.1 Å². The van der Waals surface area contributed by atoms with E-state index in [1.54, 1.807) is 26.0 Å². The molecule has 3 heteroatoms. The molecule has 1 nitrogen and oxygen atoms in total. The highest BCUT2D eigenvalue weighted by Gasteiger charge is 2.16. The summed E-state index contributed by atoms with van der Waals surface area (Å²) in [5.41, 5.74) is 5.97. The summed E-state index contributed by atoms with van der Waals surface area (Å²) in [6.45, 7) is 3.58. The minimum absolute atomic E-state index is 0.0241. The number of benzene rings is 1. The lowest BCUT2D eigenvalue weighted by Crippen LogP contribution is -2.28. The number of alkyl halides is 2. The van der Waals surface area contributed by atoms with E-state index in [2.05, 4.69) is 0 Å². The van der Waals surface area contributed by atoms with Crippen LogP contribution >= 0.6 is 0 Å². The molecule has 0 spiro atoms. The van der Waals surface area contributed by atoms with Gasteiger partial charge in [0.2, 0.25) is 0 Å². The van der Waals surface area contributed by atoms with Crippen molar-refractivity contribution in [3.8, 4) is 0 Å². The smallest absolute Gasteiger partial charge is 0.263 e. The molecule has 1 aromatic rings. The van der Waals surface area contributed by atoms with Gasteiger partial charge in [-0.25, -0.2) is 8.78 Å². The van der Waals surface area contributed by atoms with Gasteiger partial charge < -0.3 is 5.73 Å². The predicted octanol–water partition coefficient (Wildman–Crippen LogP) is 2.82. The Balaban J connectivity index is 3.06. The third-order valence-corrected chi connectivity index (χ3v) is 1.88. The minimum Gasteiger partial charge on any atom is -0.322 e. The van der Waals surface area contributed by atoms with Crippen molar-refractivity contribution in [2.45, 2.75) is 25.8 Å². The van der Waals surface area contributed by atoms with Gasteiger partial charge in [-0.1, -0.05) is 18.2 Å². The Morgan fingerprint density at radius 3 is 2.38 bits per heavy atom. The highest BCUT2D eigenvalue weighted by Crippen LogP contribution is 2.23. The van der Waals surface area contributed by atoms with E-state index in [1.807, 2.05) is 0 Å². The third kappa shape index (κ3) is 2.49. The van der Waals surface area contributed by atoms with Crippen LogP contribution in [0.5, 0.6) is 0 Å². The highest BCUT2D eigenvalue weighted by atomic mass is 19.3. The molecule has 1 aromatic carbocycles. The van der Waals surface area contributed by atoms with Gasteiger partial charge in [0.1, 0.15) is 0 Å². The molecule has 0 aromatic heterocycles. The second-order valence-electron chi connectivity index (χ2n) is 3.65. The lowest BCUT2D eigenvalue weighted by Gasteiger charge is -2.19. The molecule has 0 aliphatic rings. The van der Waals surface area contributed by atoms with Gasteiger partial charge >= 0.3 is 0 Å². The van der Waals surface area contributed by atoms with Crippen molar-refractivity contribution in [1.29, 1.82) is 0 Å². The van der Waals surface area contributed by atoms with Crippen molar-refractivity contribution in [1.82, 2.24) is 0 Å². The second kappa shape index (κ2) is 3.42. The maximum Gasteiger partial charge on any atom is 0.263 e. The molecule has 0 saturated carbocycles. The molecule has 0 unspecified atom stereocenters. The van der Waals surface area contributed by atoms with Crippen molar-refractivity contribution in [2.75, 3.05) is 0 Å². The number of nitrogens with two attached hydrogens (primary N) is 1. The van der Waals surface area contributed by atoms with Crippen molar-refractivity contribution >= 4 is 0 Å². The number of hydrogen-bond donors (Lipinski definition) is 1. The second-order valence-corrected chi connectivity index (χ2v) is 3.65. The lowest BCUT2D eigenvalue weighted by atomic mass is 9.94. The first-order valence-corrected chi connectivity index (χ1v) is 4.09. The van der Waals surface area contributed by atoms with E-state index in [0.717, 1.165) is 5.56 Å². The maximum atomic E-state index is 12.3. The van der Waals surface area contributed by atoms with Gasteiger partial charge in [-0.2, -0.15) is 0 Å². The summed E-state index contributed by atoms with van der Waals surface area (Å²) in [6, 6.07) is 6.21. The number of halogens is 2. The van der Waals surface area contributed by atoms with Gasteiger partial charge in [0, 0.05) is 11.1 Å². The van der Waals surface area contributed by atoms with Gasteiger partial charge in [0.05, 0.1) is 0 Å². The fraction of sp³-hybridized carbons (Fsp3) is 0.400. The quantitative estimate of drug-likeness (QED) is 0.753. The summed E-state index contributed by atoms with van der Waals surface area (Å²) in [7, 11) is 0. The van der Waals surface area contributed by atoms with Gasteiger partial charge in [-0.05, 0) is 25.5 Å². The first-order valence-electron chi connectivity index (χ1n) is 4.09. The van der Waals surface area contributed by atoms with Crippen LogP contribution < -0.4 is 5.73 Å². The van der Waals surface area contributed by atoms with E-state index in [0.29, 0.717) is 0 Å². The maximum absolute atomic E-state index is 12.3. The molecule has 0 fully saturated rings. The molecule has 0 aliphatic heterocycles. The van der Waals surface area contributed by atoms with E-state index < -0.39 is 12.0 Å². The molecule has 0 aliphatic carbocycles. The molecule has 0 saturated heterocycles. The molecule has 13 heavy (non-hydrogen) atoms. The molecular weight excluding hydrogens is 172 g/mol. The van der Waals surface area contributed by atoms with Crippen molar-refractivity contribution in [2.24, 2.45) is 5.73 Å². The van der Waals surface area contributed by atoms with Crippen LogP contribution in [0.1, 0.15) is 31.4 Å². The zero-order chi connectivity index (χ0) is 10.1. The Morgan fingerprint density at radius 2 is 1.92 bits per heavy atom. The first-order chi connectivity index (χ1) is 5.91. The first kappa shape index (κ1) is 10.1.